The minimum Gasteiger partial charge on any atom is -0.310 e. The molecule has 1 saturated heterocycles. The van der Waals surface area contributed by atoms with Crippen molar-refractivity contribution < 1.29 is 4.39 Å². The highest BCUT2D eigenvalue weighted by atomic mass is 35.5. The Bertz CT molecular complexity index is 391. The van der Waals surface area contributed by atoms with Gasteiger partial charge in [0.25, 0.3) is 0 Å². The van der Waals surface area contributed by atoms with Crippen LogP contribution in [0, 0.1) is 5.82 Å². The van der Waals surface area contributed by atoms with E-state index >= 15 is 0 Å². The molecule has 1 aromatic rings. The fraction of sp³-hybridized carbons (Fsp3) is 0.571. The number of nitrogens with one attached hydrogen (secondary N) is 1. The molecule has 2 atom stereocenters. The third-order valence-corrected chi connectivity index (χ3v) is 4.19. The van der Waals surface area contributed by atoms with Gasteiger partial charge in [0.15, 0.2) is 0 Å². The molecule has 0 spiro atoms. The molecule has 2 nitrogen and oxygen atoms in total. The fourth-order valence-corrected chi connectivity index (χ4v) is 2.65. The molecule has 1 fully saturated rings. The van der Waals surface area contributed by atoms with Gasteiger partial charge in [0.05, 0.1) is 0 Å². The lowest BCUT2D eigenvalue weighted by molar-refractivity contribution is 0.168. The Morgan fingerprint density at radius 2 is 2.28 bits per heavy atom. The van der Waals surface area contributed by atoms with Crippen LogP contribution in [0.3, 0.4) is 0 Å². The molecular weight excluding hydrogens is 251 g/mol. The van der Waals surface area contributed by atoms with Crippen molar-refractivity contribution >= 4 is 11.6 Å². The van der Waals surface area contributed by atoms with E-state index in [4.69, 9.17) is 11.6 Å². The summed E-state index contributed by atoms with van der Waals surface area (Å²) in [5.41, 5.74) is 0.575. The molecule has 1 aromatic carbocycles. The third kappa shape index (κ3) is 3.22. The first-order valence-corrected chi connectivity index (χ1v) is 6.82. The Morgan fingerprint density at radius 1 is 1.50 bits per heavy atom. The van der Waals surface area contributed by atoms with Gasteiger partial charge in [-0.25, -0.2) is 4.39 Å². The van der Waals surface area contributed by atoms with Crippen LogP contribution < -0.4 is 5.32 Å². The van der Waals surface area contributed by atoms with Gasteiger partial charge in [-0.1, -0.05) is 17.7 Å². The predicted octanol–water partition coefficient (Wildman–Crippen LogP) is 3.05. The zero-order chi connectivity index (χ0) is 13.1. The van der Waals surface area contributed by atoms with Crippen molar-refractivity contribution in [1.82, 2.24) is 10.2 Å². The highest BCUT2D eigenvalue weighted by Crippen LogP contribution is 2.20. The second kappa shape index (κ2) is 6.00. The Morgan fingerprint density at radius 3 is 2.94 bits per heavy atom. The molecule has 0 aliphatic carbocycles. The topological polar surface area (TPSA) is 15.3 Å². The number of rotatable bonds is 3. The van der Waals surface area contributed by atoms with Crippen LogP contribution >= 0.6 is 11.6 Å². The quantitative estimate of drug-likeness (QED) is 0.908. The fourth-order valence-electron chi connectivity index (χ4n) is 2.42. The Labute approximate surface area is 113 Å². The normalized spacial score (nSPS) is 25.3. The maximum atomic E-state index is 13.6. The maximum Gasteiger partial charge on any atom is 0.129 e. The SMILES string of the molecule is CC1CC(NCc2c(F)cccc2Cl)CCN1C. The highest BCUT2D eigenvalue weighted by Gasteiger charge is 2.22. The number of likely N-dealkylation sites (tertiary alicyclic amines) is 1. The lowest BCUT2D eigenvalue weighted by Crippen LogP contribution is -2.45. The van der Waals surface area contributed by atoms with Crippen LogP contribution in [0.15, 0.2) is 18.2 Å². The van der Waals surface area contributed by atoms with Gasteiger partial charge in [-0.05, 0) is 45.5 Å². The number of hydrogen-bond acceptors (Lipinski definition) is 2. The predicted molar refractivity (Wildman–Crippen MR) is 73.4 cm³/mol. The largest absolute Gasteiger partial charge is 0.310 e. The molecular formula is C14H20ClFN2. The summed E-state index contributed by atoms with van der Waals surface area (Å²) in [5.74, 6) is -0.226. The van der Waals surface area contributed by atoms with E-state index in [2.05, 4.69) is 24.2 Å². The lowest BCUT2D eigenvalue weighted by Gasteiger charge is -2.35. The smallest absolute Gasteiger partial charge is 0.129 e. The first-order chi connectivity index (χ1) is 8.58. The zero-order valence-corrected chi connectivity index (χ0v) is 11.7. The van der Waals surface area contributed by atoms with Crippen molar-refractivity contribution in [2.75, 3.05) is 13.6 Å². The van der Waals surface area contributed by atoms with Crippen LogP contribution in [0.5, 0.6) is 0 Å². The first-order valence-electron chi connectivity index (χ1n) is 6.44. The third-order valence-electron chi connectivity index (χ3n) is 3.84. The van der Waals surface area contributed by atoms with E-state index in [0.29, 0.717) is 29.2 Å². The van der Waals surface area contributed by atoms with E-state index in [9.17, 15) is 4.39 Å². The number of benzene rings is 1. The molecule has 1 aliphatic rings. The van der Waals surface area contributed by atoms with Gasteiger partial charge < -0.3 is 10.2 Å². The van der Waals surface area contributed by atoms with E-state index in [1.165, 1.54) is 6.07 Å². The van der Waals surface area contributed by atoms with Gasteiger partial charge >= 0.3 is 0 Å². The number of halogens is 2. The molecule has 1 aliphatic heterocycles. The van der Waals surface area contributed by atoms with Gasteiger partial charge in [-0.15, -0.1) is 0 Å². The molecule has 18 heavy (non-hydrogen) atoms. The summed E-state index contributed by atoms with van der Waals surface area (Å²) in [7, 11) is 2.15. The van der Waals surface area contributed by atoms with Crippen molar-refractivity contribution in [3.05, 3.63) is 34.6 Å². The molecule has 0 amide bonds. The first kappa shape index (κ1) is 13.8. The van der Waals surface area contributed by atoms with Gasteiger partial charge in [0.2, 0.25) is 0 Å². The van der Waals surface area contributed by atoms with Crippen LogP contribution in [-0.2, 0) is 6.54 Å². The van der Waals surface area contributed by atoms with E-state index in [-0.39, 0.29) is 5.82 Å². The molecule has 1 N–H and O–H groups in total. The zero-order valence-electron chi connectivity index (χ0n) is 10.9. The monoisotopic (exact) mass is 270 g/mol. The standard InChI is InChI=1S/C14H20ClFN2/c1-10-8-11(6-7-18(10)2)17-9-12-13(15)4-3-5-14(12)16/h3-5,10-11,17H,6-9H2,1-2H3. The van der Waals surface area contributed by atoms with Gasteiger partial charge in [-0.2, -0.15) is 0 Å². The van der Waals surface area contributed by atoms with Crippen molar-refractivity contribution in [3.8, 4) is 0 Å². The van der Waals surface area contributed by atoms with Crippen LogP contribution in [-0.4, -0.2) is 30.6 Å². The van der Waals surface area contributed by atoms with Crippen LogP contribution in [0.25, 0.3) is 0 Å². The Balaban J connectivity index is 1.92. The van der Waals surface area contributed by atoms with Crippen molar-refractivity contribution in [1.29, 1.82) is 0 Å². The molecule has 0 radical (unpaired) electrons. The molecule has 2 rings (SSSR count). The average molecular weight is 271 g/mol. The van der Waals surface area contributed by atoms with E-state index < -0.39 is 0 Å². The molecule has 100 valence electrons. The molecule has 0 bridgehead atoms. The van der Waals surface area contributed by atoms with E-state index in [1.807, 2.05) is 0 Å². The molecule has 0 saturated carbocycles. The average Bonchev–Trinajstić information content (AvgIpc) is 2.33. The summed E-state index contributed by atoms with van der Waals surface area (Å²) < 4.78 is 13.6. The van der Waals surface area contributed by atoms with Gasteiger partial charge in [0.1, 0.15) is 5.82 Å². The number of nitrogens with zero attached hydrogens (tertiary/aromatic N) is 1. The van der Waals surface area contributed by atoms with Crippen molar-refractivity contribution in [2.24, 2.45) is 0 Å². The lowest BCUT2D eigenvalue weighted by atomic mass is 9.98. The van der Waals surface area contributed by atoms with Crippen molar-refractivity contribution in [3.63, 3.8) is 0 Å². The second-order valence-electron chi connectivity index (χ2n) is 5.13. The van der Waals surface area contributed by atoms with E-state index in [0.717, 1.165) is 19.4 Å². The summed E-state index contributed by atoms with van der Waals surface area (Å²) in [6.07, 6.45) is 2.20. The highest BCUT2D eigenvalue weighted by molar-refractivity contribution is 6.31. The van der Waals surface area contributed by atoms with E-state index in [1.54, 1.807) is 12.1 Å². The van der Waals surface area contributed by atoms with Gasteiger partial charge in [-0.3, -0.25) is 0 Å². The number of hydrogen-bond donors (Lipinski definition) is 1. The van der Waals surface area contributed by atoms with Crippen LogP contribution in [0.4, 0.5) is 4.39 Å². The summed E-state index contributed by atoms with van der Waals surface area (Å²) in [4.78, 5) is 2.36. The second-order valence-corrected chi connectivity index (χ2v) is 5.54. The minimum atomic E-state index is -0.226. The van der Waals surface area contributed by atoms with Crippen molar-refractivity contribution in [2.45, 2.75) is 38.4 Å². The van der Waals surface area contributed by atoms with Crippen LogP contribution in [0.1, 0.15) is 25.3 Å². The summed E-state index contributed by atoms with van der Waals surface area (Å²) in [5, 5.41) is 3.92. The summed E-state index contributed by atoms with van der Waals surface area (Å²) >= 11 is 6.01. The van der Waals surface area contributed by atoms with Crippen LogP contribution in [0.2, 0.25) is 5.02 Å². The molecule has 4 heteroatoms. The summed E-state index contributed by atoms with van der Waals surface area (Å²) in [6, 6.07) is 5.86. The number of piperidine rings is 1. The molecule has 1 heterocycles. The Hall–Kier alpha value is -0.640. The molecule has 0 aromatic heterocycles. The molecule has 2 unspecified atom stereocenters. The minimum absolute atomic E-state index is 0.226. The van der Waals surface area contributed by atoms with Gasteiger partial charge in [0, 0.05) is 29.2 Å². The summed E-state index contributed by atoms with van der Waals surface area (Å²) in [6.45, 7) is 3.82. The maximum absolute atomic E-state index is 13.6. The Kier molecular flexibility index (Phi) is 4.60.